The van der Waals surface area contributed by atoms with Gasteiger partial charge in [-0.3, -0.25) is 0 Å². The summed E-state index contributed by atoms with van der Waals surface area (Å²) >= 11 is 1.80. The van der Waals surface area contributed by atoms with Crippen LogP contribution in [0.25, 0.3) is 0 Å². The third-order valence-corrected chi connectivity index (χ3v) is 4.83. The van der Waals surface area contributed by atoms with E-state index in [1.165, 1.54) is 0 Å². The third-order valence-electron chi connectivity index (χ3n) is 3.42. The van der Waals surface area contributed by atoms with Crippen molar-refractivity contribution in [1.29, 1.82) is 0 Å². The number of rotatable bonds is 5. The van der Waals surface area contributed by atoms with Gasteiger partial charge in [-0.05, 0) is 38.4 Å². The Kier molecular flexibility index (Phi) is 5.67. The van der Waals surface area contributed by atoms with Crippen molar-refractivity contribution in [2.75, 3.05) is 19.8 Å². The maximum absolute atomic E-state index is 14.1. The fourth-order valence-corrected chi connectivity index (χ4v) is 3.77. The first-order valence-electron chi connectivity index (χ1n) is 6.98. The quantitative estimate of drug-likeness (QED) is 0.889. The lowest BCUT2D eigenvalue weighted by molar-refractivity contribution is 0.1000. The van der Waals surface area contributed by atoms with Crippen LogP contribution in [0.1, 0.15) is 38.3 Å². The lowest BCUT2D eigenvalue weighted by Crippen LogP contribution is -2.21. The molecule has 0 aromatic heterocycles. The highest BCUT2D eigenvalue weighted by Crippen LogP contribution is 2.35. The number of hydrogen-bond acceptors (Lipinski definition) is 3. The van der Waals surface area contributed by atoms with Gasteiger partial charge >= 0.3 is 0 Å². The van der Waals surface area contributed by atoms with Gasteiger partial charge in [0.25, 0.3) is 0 Å². The Morgan fingerprint density at radius 3 is 2.84 bits per heavy atom. The van der Waals surface area contributed by atoms with Crippen molar-refractivity contribution in [1.82, 2.24) is 5.32 Å². The van der Waals surface area contributed by atoms with Crippen molar-refractivity contribution in [3.05, 3.63) is 29.6 Å². The third kappa shape index (κ3) is 3.94. The molecule has 1 aromatic rings. The van der Waals surface area contributed by atoms with Gasteiger partial charge in [-0.2, -0.15) is 0 Å². The molecule has 0 amide bonds. The Balaban J connectivity index is 2.16. The van der Waals surface area contributed by atoms with Crippen molar-refractivity contribution in [2.45, 2.75) is 42.9 Å². The van der Waals surface area contributed by atoms with Crippen molar-refractivity contribution in [2.24, 2.45) is 0 Å². The molecule has 1 unspecified atom stereocenters. The first-order valence-corrected chi connectivity index (χ1v) is 7.86. The maximum Gasteiger partial charge on any atom is 0.129 e. The second-order valence-electron chi connectivity index (χ2n) is 4.86. The molecular weight excluding hydrogens is 261 g/mol. The monoisotopic (exact) mass is 283 g/mol. The van der Waals surface area contributed by atoms with Gasteiger partial charge < -0.3 is 10.1 Å². The molecular formula is C15H22FNOS. The van der Waals surface area contributed by atoms with E-state index in [0.717, 1.165) is 43.1 Å². The van der Waals surface area contributed by atoms with Gasteiger partial charge in [0.05, 0.1) is 0 Å². The topological polar surface area (TPSA) is 21.3 Å². The number of halogens is 1. The van der Waals surface area contributed by atoms with Crippen LogP contribution in [0.2, 0.25) is 0 Å². The predicted molar refractivity (Wildman–Crippen MR) is 78.2 cm³/mol. The molecule has 0 spiro atoms. The smallest absolute Gasteiger partial charge is 0.129 e. The number of ether oxygens (including phenoxy) is 1. The summed E-state index contributed by atoms with van der Waals surface area (Å²) in [5.74, 6) is -0.106. The molecule has 106 valence electrons. The van der Waals surface area contributed by atoms with Crippen molar-refractivity contribution in [3.63, 3.8) is 0 Å². The van der Waals surface area contributed by atoms with E-state index in [1.54, 1.807) is 23.9 Å². The van der Waals surface area contributed by atoms with Gasteiger partial charge in [-0.25, -0.2) is 4.39 Å². The van der Waals surface area contributed by atoms with E-state index in [0.29, 0.717) is 5.25 Å². The molecule has 19 heavy (non-hydrogen) atoms. The molecule has 2 nitrogen and oxygen atoms in total. The number of nitrogens with one attached hydrogen (secondary N) is 1. The second kappa shape index (κ2) is 7.27. The first-order chi connectivity index (χ1) is 9.22. The molecule has 1 aliphatic heterocycles. The summed E-state index contributed by atoms with van der Waals surface area (Å²) in [5.41, 5.74) is 0.806. The van der Waals surface area contributed by atoms with Crippen LogP contribution in [0.4, 0.5) is 4.39 Å². The molecule has 1 aliphatic rings. The van der Waals surface area contributed by atoms with E-state index in [4.69, 9.17) is 4.74 Å². The largest absolute Gasteiger partial charge is 0.381 e. The molecule has 1 fully saturated rings. The summed E-state index contributed by atoms with van der Waals surface area (Å²) in [4.78, 5) is 1.07. The van der Waals surface area contributed by atoms with E-state index >= 15 is 0 Å². The van der Waals surface area contributed by atoms with E-state index in [-0.39, 0.29) is 11.9 Å². The van der Waals surface area contributed by atoms with Crippen LogP contribution in [0, 0.1) is 5.82 Å². The van der Waals surface area contributed by atoms with Gasteiger partial charge in [0, 0.05) is 35.0 Å². The Morgan fingerprint density at radius 1 is 1.42 bits per heavy atom. The molecule has 2 rings (SSSR count). The Hall–Kier alpha value is -0.580. The van der Waals surface area contributed by atoms with Gasteiger partial charge in [0.2, 0.25) is 0 Å². The van der Waals surface area contributed by atoms with Crippen LogP contribution >= 0.6 is 11.8 Å². The SMILES string of the molecule is CCNC(C)c1c(F)cccc1SC1CCOCC1. The zero-order valence-electron chi connectivity index (χ0n) is 11.6. The number of hydrogen-bond donors (Lipinski definition) is 1. The van der Waals surface area contributed by atoms with E-state index in [1.807, 2.05) is 19.9 Å². The normalized spacial score (nSPS) is 18.5. The molecule has 0 saturated carbocycles. The lowest BCUT2D eigenvalue weighted by atomic mass is 10.1. The van der Waals surface area contributed by atoms with Crippen molar-refractivity contribution in [3.8, 4) is 0 Å². The van der Waals surface area contributed by atoms with Gasteiger partial charge in [0.1, 0.15) is 5.82 Å². The summed E-state index contributed by atoms with van der Waals surface area (Å²) < 4.78 is 19.5. The first kappa shape index (κ1) is 14.8. The average molecular weight is 283 g/mol. The molecule has 1 atom stereocenters. The van der Waals surface area contributed by atoms with Crippen molar-refractivity contribution >= 4 is 11.8 Å². The fraction of sp³-hybridized carbons (Fsp3) is 0.600. The molecule has 0 bridgehead atoms. The molecule has 1 aromatic carbocycles. The minimum atomic E-state index is -0.106. The van der Waals surface area contributed by atoms with E-state index in [2.05, 4.69) is 5.32 Å². The van der Waals surface area contributed by atoms with Crippen LogP contribution in [0.5, 0.6) is 0 Å². The second-order valence-corrected chi connectivity index (χ2v) is 6.20. The van der Waals surface area contributed by atoms with Crippen molar-refractivity contribution < 1.29 is 9.13 Å². The summed E-state index contributed by atoms with van der Waals surface area (Å²) in [6, 6.07) is 5.44. The summed E-state index contributed by atoms with van der Waals surface area (Å²) in [5, 5.41) is 3.85. The molecule has 1 N–H and O–H groups in total. The molecule has 1 saturated heterocycles. The minimum Gasteiger partial charge on any atom is -0.381 e. The van der Waals surface area contributed by atoms with Crippen LogP contribution in [-0.2, 0) is 4.74 Å². The maximum atomic E-state index is 14.1. The van der Waals surface area contributed by atoms with E-state index in [9.17, 15) is 4.39 Å². The fourth-order valence-electron chi connectivity index (χ4n) is 2.42. The summed E-state index contributed by atoms with van der Waals surface area (Å²) in [6.07, 6.45) is 2.10. The molecule has 1 heterocycles. The predicted octanol–water partition coefficient (Wildman–Crippen LogP) is 3.77. The van der Waals surface area contributed by atoms with E-state index < -0.39 is 0 Å². The summed E-state index contributed by atoms with van der Waals surface area (Å²) in [7, 11) is 0. The average Bonchev–Trinajstić information content (AvgIpc) is 2.40. The zero-order valence-corrected chi connectivity index (χ0v) is 12.4. The van der Waals surface area contributed by atoms with Gasteiger partial charge in [-0.1, -0.05) is 13.0 Å². The molecule has 0 radical (unpaired) electrons. The molecule has 0 aliphatic carbocycles. The Bertz CT molecular complexity index is 407. The highest BCUT2D eigenvalue weighted by Gasteiger charge is 2.20. The van der Waals surface area contributed by atoms with Crippen LogP contribution < -0.4 is 5.32 Å². The highest BCUT2D eigenvalue weighted by molar-refractivity contribution is 8.00. The Labute approximate surface area is 119 Å². The van der Waals surface area contributed by atoms with Crippen LogP contribution in [0.15, 0.2) is 23.1 Å². The highest BCUT2D eigenvalue weighted by atomic mass is 32.2. The van der Waals surface area contributed by atoms with Gasteiger partial charge in [0.15, 0.2) is 0 Å². The zero-order chi connectivity index (χ0) is 13.7. The number of thioether (sulfide) groups is 1. The van der Waals surface area contributed by atoms with Crippen LogP contribution in [-0.4, -0.2) is 25.0 Å². The Morgan fingerprint density at radius 2 is 2.16 bits per heavy atom. The molecule has 4 heteroatoms. The standard InChI is InChI=1S/C15H22FNOS/c1-3-17-11(2)15-13(16)5-4-6-14(15)19-12-7-9-18-10-8-12/h4-6,11-12,17H,3,7-10H2,1-2H3. The number of benzene rings is 1. The van der Waals surface area contributed by atoms with Crippen LogP contribution in [0.3, 0.4) is 0 Å². The van der Waals surface area contributed by atoms with Gasteiger partial charge in [-0.15, -0.1) is 11.8 Å². The minimum absolute atomic E-state index is 0.0496. The summed E-state index contributed by atoms with van der Waals surface area (Å²) in [6.45, 7) is 6.56. The lowest BCUT2D eigenvalue weighted by Gasteiger charge is -2.24.